The summed E-state index contributed by atoms with van der Waals surface area (Å²) in [6, 6.07) is 20.2. The van der Waals surface area contributed by atoms with Crippen molar-refractivity contribution in [3.8, 4) is 17.2 Å². The number of hydrogen-bond donors (Lipinski definition) is 1. The topological polar surface area (TPSA) is 39.7 Å². The fourth-order valence-electron chi connectivity index (χ4n) is 2.70. The predicted molar refractivity (Wildman–Crippen MR) is 101 cm³/mol. The van der Waals surface area contributed by atoms with Crippen molar-refractivity contribution in [3.05, 3.63) is 66.2 Å². The maximum absolute atomic E-state index is 5.90. The van der Waals surface area contributed by atoms with Crippen molar-refractivity contribution in [2.75, 3.05) is 27.4 Å². The molecule has 0 bridgehead atoms. The van der Waals surface area contributed by atoms with Gasteiger partial charge in [0.1, 0.15) is 30.5 Å². The van der Waals surface area contributed by atoms with E-state index in [4.69, 9.17) is 14.2 Å². The highest BCUT2D eigenvalue weighted by Crippen LogP contribution is 2.25. The first-order valence-corrected chi connectivity index (χ1v) is 8.36. The Morgan fingerprint density at radius 1 is 0.800 bits per heavy atom. The third kappa shape index (κ3) is 4.43. The molecule has 130 valence electrons. The molecule has 4 nitrogen and oxygen atoms in total. The summed E-state index contributed by atoms with van der Waals surface area (Å²) in [6.07, 6.45) is 0. The normalized spacial score (nSPS) is 10.6. The molecule has 1 N–H and O–H groups in total. The molecule has 0 amide bonds. The second-order valence-electron chi connectivity index (χ2n) is 5.71. The molecular formula is C21H23NO3. The Bertz CT molecular complexity index is 832. The number of methoxy groups -OCH3 is 1. The van der Waals surface area contributed by atoms with Gasteiger partial charge in [-0.3, -0.25) is 0 Å². The molecule has 0 aliphatic carbocycles. The number of ether oxygens (including phenoxy) is 3. The average Bonchev–Trinajstić information content (AvgIpc) is 2.66. The molecule has 0 heterocycles. The van der Waals surface area contributed by atoms with E-state index in [1.54, 1.807) is 7.11 Å². The molecule has 0 fully saturated rings. The average molecular weight is 337 g/mol. The van der Waals surface area contributed by atoms with Crippen molar-refractivity contribution < 1.29 is 14.2 Å². The van der Waals surface area contributed by atoms with Crippen LogP contribution in [0.2, 0.25) is 0 Å². The van der Waals surface area contributed by atoms with Crippen molar-refractivity contribution in [3.63, 3.8) is 0 Å². The molecule has 0 unspecified atom stereocenters. The first-order valence-electron chi connectivity index (χ1n) is 8.36. The summed E-state index contributed by atoms with van der Waals surface area (Å²) in [5, 5.41) is 5.52. The number of benzene rings is 3. The molecule has 0 spiro atoms. The maximum Gasteiger partial charge on any atom is 0.127 e. The summed E-state index contributed by atoms with van der Waals surface area (Å²) < 4.78 is 17.0. The van der Waals surface area contributed by atoms with Crippen LogP contribution in [0.15, 0.2) is 60.7 Å². The van der Waals surface area contributed by atoms with Gasteiger partial charge in [-0.1, -0.05) is 36.4 Å². The maximum atomic E-state index is 5.90. The van der Waals surface area contributed by atoms with E-state index >= 15 is 0 Å². The highest BCUT2D eigenvalue weighted by molar-refractivity contribution is 5.83. The van der Waals surface area contributed by atoms with Gasteiger partial charge in [0, 0.05) is 18.2 Å². The third-order valence-corrected chi connectivity index (χ3v) is 3.97. The van der Waals surface area contributed by atoms with Crippen LogP contribution in [0, 0.1) is 0 Å². The highest BCUT2D eigenvalue weighted by Gasteiger charge is 2.06. The summed E-state index contributed by atoms with van der Waals surface area (Å²) in [6.45, 7) is 1.69. The van der Waals surface area contributed by atoms with Crippen LogP contribution >= 0.6 is 0 Å². The molecule has 0 aliphatic rings. The van der Waals surface area contributed by atoms with E-state index in [0.29, 0.717) is 13.2 Å². The summed E-state index contributed by atoms with van der Waals surface area (Å²) in [4.78, 5) is 0. The summed E-state index contributed by atoms with van der Waals surface area (Å²) in [5.41, 5.74) is 1.09. The first kappa shape index (κ1) is 17.1. The van der Waals surface area contributed by atoms with Crippen LogP contribution in [0.1, 0.15) is 5.56 Å². The SMILES string of the molecule is CNCc1ccc(OC)cc1OCCOc1ccc2ccccc2c1. The van der Waals surface area contributed by atoms with Crippen LogP contribution in [0.5, 0.6) is 17.2 Å². The fourth-order valence-corrected chi connectivity index (χ4v) is 2.70. The lowest BCUT2D eigenvalue weighted by Gasteiger charge is -2.13. The Kier molecular flexibility index (Phi) is 5.75. The Morgan fingerprint density at radius 3 is 2.36 bits per heavy atom. The van der Waals surface area contributed by atoms with E-state index in [1.165, 1.54) is 10.8 Å². The molecule has 0 radical (unpaired) electrons. The second-order valence-corrected chi connectivity index (χ2v) is 5.71. The Balaban J connectivity index is 1.58. The smallest absolute Gasteiger partial charge is 0.127 e. The van der Waals surface area contributed by atoms with Crippen LogP contribution in [0.4, 0.5) is 0 Å². The molecule has 3 aromatic carbocycles. The second kappa shape index (κ2) is 8.40. The predicted octanol–water partition coefficient (Wildman–Crippen LogP) is 4.03. The van der Waals surface area contributed by atoms with Crippen molar-refractivity contribution in [1.82, 2.24) is 5.32 Å². The number of rotatable bonds is 8. The molecule has 3 rings (SSSR count). The van der Waals surface area contributed by atoms with Gasteiger partial charge in [-0.15, -0.1) is 0 Å². The lowest BCUT2D eigenvalue weighted by atomic mass is 10.1. The van der Waals surface area contributed by atoms with Crippen LogP contribution in [-0.2, 0) is 6.54 Å². The van der Waals surface area contributed by atoms with Gasteiger partial charge >= 0.3 is 0 Å². The minimum atomic E-state index is 0.469. The summed E-state index contributed by atoms with van der Waals surface area (Å²) >= 11 is 0. The van der Waals surface area contributed by atoms with Gasteiger partial charge in [-0.2, -0.15) is 0 Å². The van der Waals surface area contributed by atoms with E-state index in [-0.39, 0.29) is 0 Å². The van der Waals surface area contributed by atoms with Crippen molar-refractivity contribution in [1.29, 1.82) is 0 Å². The molecule has 0 aromatic heterocycles. The highest BCUT2D eigenvalue weighted by atomic mass is 16.5. The minimum absolute atomic E-state index is 0.469. The Morgan fingerprint density at radius 2 is 1.56 bits per heavy atom. The van der Waals surface area contributed by atoms with Crippen molar-refractivity contribution >= 4 is 10.8 Å². The van der Waals surface area contributed by atoms with E-state index in [2.05, 4.69) is 23.5 Å². The first-order chi connectivity index (χ1) is 12.3. The minimum Gasteiger partial charge on any atom is -0.497 e. The number of fused-ring (bicyclic) bond motifs is 1. The van der Waals surface area contributed by atoms with Gasteiger partial charge in [0.15, 0.2) is 0 Å². The van der Waals surface area contributed by atoms with Gasteiger partial charge < -0.3 is 19.5 Å². The zero-order valence-electron chi connectivity index (χ0n) is 14.6. The lowest BCUT2D eigenvalue weighted by molar-refractivity contribution is 0.215. The van der Waals surface area contributed by atoms with E-state index < -0.39 is 0 Å². The molecule has 0 aliphatic heterocycles. The molecule has 3 aromatic rings. The Hall–Kier alpha value is -2.72. The number of hydrogen-bond acceptors (Lipinski definition) is 4. The van der Waals surface area contributed by atoms with Crippen LogP contribution in [0.3, 0.4) is 0 Å². The number of nitrogens with one attached hydrogen (secondary N) is 1. The van der Waals surface area contributed by atoms with Gasteiger partial charge in [0.2, 0.25) is 0 Å². The van der Waals surface area contributed by atoms with Crippen LogP contribution in [-0.4, -0.2) is 27.4 Å². The largest absolute Gasteiger partial charge is 0.497 e. The van der Waals surface area contributed by atoms with E-state index in [1.807, 2.05) is 49.5 Å². The zero-order valence-corrected chi connectivity index (χ0v) is 14.6. The summed E-state index contributed by atoms with van der Waals surface area (Å²) in [5.74, 6) is 2.45. The van der Waals surface area contributed by atoms with Crippen molar-refractivity contribution in [2.45, 2.75) is 6.54 Å². The zero-order chi connectivity index (χ0) is 17.5. The Labute approximate surface area is 148 Å². The molecule has 4 heteroatoms. The van der Waals surface area contributed by atoms with E-state index in [9.17, 15) is 0 Å². The monoisotopic (exact) mass is 337 g/mol. The standard InChI is InChI=1S/C21H23NO3/c1-22-15-18-8-9-19(23-2)14-21(18)25-12-11-24-20-10-7-16-5-3-4-6-17(16)13-20/h3-10,13-14,22H,11-12,15H2,1-2H3. The molecular weight excluding hydrogens is 314 g/mol. The molecule has 25 heavy (non-hydrogen) atoms. The summed E-state index contributed by atoms with van der Waals surface area (Å²) in [7, 11) is 3.57. The third-order valence-electron chi connectivity index (χ3n) is 3.97. The molecule has 0 atom stereocenters. The quantitative estimate of drug-likeness (QED) is 0.630. The van der Waals surface area contributed by atoms with Crippen LogP contribution in [0.25, 0.3) is 10.8 Å². The van der Waals surface area contributed by atoms with Gasteiger partial charge in [-0.25, -0.2) is 0 Å². The van der Waals surface area contributed by atoms with Gasteiger partial charge in [0.05, 0.1) is 7.11 Å². The molecule has 0 saturated carbocycles. The van der Waals surface area contributed by atoms with Crippen molar-refractivity contribution in [2.24, 2.45) is 0 Å². The lowest BCUT2D eigenvalue weighted by Crippen LogP contribution is -2.12. The van der Waals surface area contributed by atoms with E-state index in [0.717, 1.165) is 29.4 Å². The molecule has 0 saturated heterocycles. The van der Waals surface area contributed by atoms with Gasteiger partial charge in [-0.05, 0) is 36.0 Å². The van der Waals surface area contributed by atoms with Gasteiger partial charge in [0.25, 0.3) is 0 Å². The fraction of sp³-hybridized carbons (Fsp3) is 0.238. The van der Waals surface area contributed by atoms with Crippen LogP contribution < -0.4 is 19.5 Å².